The minimum atomic E-state index is -0.876. The maximum absolute atomic E-state index is 13.3. The van der Waals surface area contributed by atoms with E-state index in [9.17, 15) is 19.2 Å². The van der Waals surface area contributed by atoms with Gasteiger partial charge in [-0.25, -0.2) is 0 Å². The van der Waals surface area contributed by atoms with Crippen molar-refractivity contribution in [3.05, 3.63) is 47.5 Å². The van der Waals surface area contributed by atoms with E-state index in [0.29, 0.717) is 32.2 Å². The van der Waals surface area contributed by atoms with E-state index >= 15 is 0 Å². The van der Waals surface area contributed by atoms with E-state index in [2.05, 4.69) is 16.0 Å². The molecule has 0 aromatic heterocycles. The first-order valence-electron chi connectivity index (χ1n) is 12.6. The Hall–Kier alpha value is -3.00. The topological polar surface area (TPSA) is 130 Å². The molecule has 0 heterocycles. The highest BCUT2D eigenvalue weighted by molar-refractivity contribution is 5.93. The number of rotatable bonds is 14. The Balaban J connectivity index is 2.88. The number of unbranched alkanes of at least 4 members (excludes halogenated alkanes) is 1. The van der Waals surface area contributed by atoms with Crippen molar-refractivity contribution < 1.29 is 19.2 Å². The highest BCUT2D eigenvalue weighted by Gasteiger charge is 2.36. The van der Waals surface area contributed by atoms with Gasteiger partial charge in [-0.2, -0.15) is 0 Å². The van der Waals surface area contributed by atoms with Crippen LogP contribution in [0.4, 0.5) is 0 Å². The molecule has 5 N–H and O–H groups in total. The van der Waals surface area contributed by atoms with Crippen molar-refractivity contribution in [2.45, 2.75) is 85.4 Å². The summed E-state index contributed by atoms with van der Waals surface area (Å²) in [5.74, 6) is -0.985. The summed E-state index contributed by atoms with van der Waals surface area (Å²) in [5, 5.41) is 8.46. The summed E-state index contributed by atoms with van der Waals surface area (Å²) < 4.78 is 0. The molecule has 8 nitrogen and oxygen atoms in total. The van der Waals surface area contributed by atoms with Gasteiger partial charge in [-0.1, -0.05) is 71.0 Å². The molecule has 0 fully saturated rings. The predicted molar refractivity (Wildman–Crippen MR) is 143 cm³/mol. The molecule has 0 bridgehead atoms. The van der Waals surface area contributed by atoms with Gasteiger partial charge in [0.2, 0.25) is 17.7 Å². The first kappa shape index (κ1) is 31.0. The van der Waals surface area contributed by atoms with Gasteiger partial charge >= 0.3 is 0 Å². The molecule has 0 radical (unpaired) electrons. The summed E-state index contributed by atoms with van der Waals surface area (Å²) in [6.45, 7) is 11.8. The fraction of sp³-hybridized carbons (Fsp3) is 0.571. The van der Waals surface area contributed by atoms with Gasteiger partial charge in [-0.15, -0.1) is 0 Å². The van der Waals surface area contributed by atoms with Crippen LogP contribution < -0.4 is 21.7 Å². The van der Waals surface area contributed by atoms with Crippen molar-refractivity contribution in [2.75, 3.05) is 6.54 Å². The van der Waals surface area contributed by atoms with Crippen LogP contribution >= 0.6 is 0 Å². The van der Waals surface area contributed by atoms with Crippen LogP contribution in [0.3, 0.4) is 0 Å². The SMILES string of the molecule is Cc1ccccc1C[C@H](N)C(=O)N[C@H](C(=O)N[C@@H](CC(C)C)C(=O)NCC=CCCC=O)C(C)(C)C. The number of hydrogen-bond acceptors (Lipinski definition) is 5. The van der Waals surface area contributed by atoms with Crippen LogP contribution in [0.15, 0.2) is 36.4 Å². The molecule has 0 saturated carbocycles. The number of carbonyl (C=O) groups excluding carboxylic acids is 4. The molecule has 36 heavy (non-hydrogen) atoms. The maximum atomic E-state index is 13.3. The van der Waals surface area contributed by atoms with Gasteiger partial charge in [0.15, 0.2) is 0 Å². The van der Waals surface area contributed by atoms with Crippen molar-refractivity contribution in [3.63, 3.8) is 0 Å². The third-order valence-corrected chi connectivity index (χ3v) is 5.80. The van der Waals surface area contributed by atoms with E-state index in [1.165, 1.54) is 0 Å². The number of amides is 3. The Bertz CT molecular complexity index is 905. The molecular weight excluding hydrogens is 456 g/mol. The summed E-state index contributed by atoms with van der Waals surface area (Å²) in [5.41, 5.74) is 7.61. The number of allylic oxidation sites excluding steroid dienone is 1. The molecule has 0 aliphatic heterocycles. The Morgan fingerprint density at radius 2 is 1.64 bits per heavy atom. The van der Waals surface area contributed by atoms with E-state index in [0.717, 1.165) is 17.4 Å². The van der Waals surface area contributed by atoms with Gasteiger partial charge in [0.05, 0.1) is 6.04 Å². The van der Waals surface area contributed by atoms with Gasteiger partial charge < -0.3 is 26.5 Å². The Labute approximate surface area is 215 Å². The predicted octanol–water partition coefficient (Wildman–Crippen LogP) is 2.58. The molecule has 200 valence electrons. The molecule has 0 saturated heterocycles. The molecule has 3 amide bonds. The van der Waals surface area contributed by atoms with Crippen molar-refractivity contribution in [1.29, 1.82) is 0 Å². The standard InChI is InChI=1S/C28H44N4O4/c1-19(2)17-23(26(35)30-15-11-7-8-12-16-33)31-27(36)24(28(4,5)6)32-25(34)22(29)18-21-14-10-9-13-20(21)3/h7,9-11,13-14,16,19,22-24H,8,12,15,17-18,29H2,1-6H3,(H,30,35)(H,31,36)(H,32,34)/t22-,23-,24+/m0/s1. The lowest BCUT2D eigenvalue weighted by molar-refractivity contribution is -0.134. The molecule has 0 aliphatic carbocycles. The van der Waals surface area contributed by atoms with Crippen LogP contribution in [0.25, 0.3) is 0 Å². The third kappa shape index (κ3) is 11.2. The molecule has 1 rings (SSSR count). The number of aryl methyl sites for hydroxylation is 1. The van der Waals surface area contributed by atoms with E-state index in [-0.39, 0.29) is 11.8 Å². The van der Waals surface area contributed by atoms with Crippen molar-refractivity contribution >= 4 is 24.0 Å². The molecular formula is C28H44N4O4. The van der Waals surface area contributed by atoms with Crippen LogP contribution in [-0.4, -0.2) is 48.7 Å². The molecule has 1 aromatic carbocycles. The zero-order valence-electron chi connectivity index (χ0n) is 22.6. The Morgan fingerprint density at radius 1 is 0.972 bits per heavy atom. The molecule has 8 heteroatoms. The van der Waals surface area contributed by atoms with E-state index in [4.69, 9.17) is 5.73 Å². The zero-order valence-corrected chi connectivity index (χ0v) is 22.6. The second kappa shape index (κ2) is 15.2. The number of carbonyl (C=O) groups is 4. The second-order valence-electron chi connectivity index (χ2n) is 10.7. The number of aldehydes is 1. The van der Waals surface area contributed by atoms with Crippen LogP contribution in [0.1, 0.15) is 65.0 Å². The van der Waals surface area contributed by atoms with Crippen molar-refractivity contribution in [3.8, 4) is 0 Å². The number of nitrogens with one attached hydrogen (secondary N) is 3. The highest BCUT2D eigenvalue weighted by atomic mass is 16.2. The zero-order chi connectivity index (χ0) is 27.3. The van der Waals surface area contributed by atoms with Crippen LogP contribution in [0.2, 0.25) is 0 Å². The third-order valence-electron chi connectivity index (χ3n) is 5.80. The minimum absolute atomic E-state index is 0.161. The van der Waals surface area contributed by atoms with E-state index < -0.39 is 35.4 Å². The average molecular weight is 501 g/mol. The summed E-state index contributed by atoms with van der Waals surface area (Å²) in [6, 6.07) is 5.29. The molecule has 3 atom stereocenters. The summed E-state index contributed by atoms with van der Waals surface area (Å²) >= 11 is 0. The van der Waals surface area contributed by atoms with Crippen LogP contribution in [0, 0.1) is 18.3 Å². The largest absolute Gasteiger partial charge is 0.351 e. The number of nitrogens with two attached hydrogens (primary N) is 1. The lowest BCUT2D eigenvalue weighted by Crippen LogP contribution is -2.60. The summed E-state index contributed by atoms with van der Waals surface area (Å²) in [6.07, 6.45) is 6.31. The normalized spacial score (nSPS) is 14.2. The molecule has 0 unspecified atom stereocenters. The van der Waals surface area contributed by atoms with Gasteiger partial charge in [0, 0.05) is 13.0 Å². The maximum Gasteiger partial charge on any atom is 0.243 e. The first-order valence-corrected chi connectivity index (χ1v) is 12.6. The Kier molecular flexibility index (Phi) is 13.1. The molecule has 1 aromatic rings. The molecule has 0 spiro atoms. The molecule has 0 aliphatic rings. The van der Waals surface area contributed by atoms with E-state index in [1.54, 1.807) is 6.08 Å². The average Bonchev–Trinajstić information content (AvgIpc) is 2.79. The number of hydrogen-bond donors (Lipinski definition) is 4. The first-order chi connectivity index (χ1) is 16.9. The highest BCUT2D eigenvalue weighted by Crippen LogP contribution is 2.20. The van der Waals surface area contributed by atoms with Gasteiger partial charge in [-0.05, 0) is 48.6 Å². The fourth-order valence-corrected chi connectivity index (χ4v) is 3.70. The van der Waals surface area contributed by atoms with Gasteiger partial charge in [-0.3, -0.25) is 14.4 Å². The lowest BCUT2D eigenvalue weighted by Gasteiger charge is -2.32. The monoisotopic (exact) mass is 500 g/mol. The van der Waals surface area contributed by atoms with Gasteiger partial charge in [0.1, 0.15) is 18.4 Å². The van der Waals surface area contributed by atoms with E-state index in [1.807, 2.05) is 71.9 Å². The van der Waals surface area contributed by atoms with Crippen LogP contribution in [-0.2, 0) is 25.6 Å². The van der Waals surface area contributed by atoms with Gasteiger partial charge in [0.25, 0.3) is 0 Å². The Morgan fingerprint density at radius 3 is 2.22 bits per heavy atom. The minimum Gasteiger partial charge on any atom is -0.351 e. The fourth-order valence-electron chi connectivity index (χ4n) is 3.70. The summed E-state index contributed by atoms with van der Waals surface area (Å²) in [4.78, 5) is 49.5. The number of benzene rings is 1. The second-order valence-corrected chi connectivity index (χ2v) is 10.7. The van der Waals surface area contributed by atoms with Crippen molar-refractivity contribution in [1.82, 2.24) is 16.0 Å². The smallest absolute Gasteiger partial charge is 0.243 e. The quantitative estimate of drug-likeness (QED) is 0.177. The van der Waals surface area contributed by atoms with Crippen molar-refractivity contribution in [2.24, 2.45) is 17.1 Å². The van der Waals surface area contributed by atoms with Crippen LogP contribution in [0.5, 0.6) is 0 Å². The summed E-state index contributed by atoms with van der Waals surface area (Å²) in [7, 11) is 0. The lowest BCUT2D eigenvalue weighted by atomic mass is 9.85.